The van der Waals surface area contributed by atoms with E-state index >= 15 is 0 Å². The van der Waals surface area contributed by atoms with Crippen LogP contribution in [0.3, 0.4) is 0 Å². The molecule has 22 heavy (non-hydrogen) atoms. The summed E-state index contributed by atoms with van der Waals surface area (Å²) in [7, 11) is 0. The van der Waals surface area contributed by atoms with Gasteiger partial charge in [0.25, 0.3) is 5.78 Å². The van der Waals surface area contributed by atoms with E-state index in [0.717, 1.165) is 35.0 Å². The molecule has 112 valence electrons. The molecule has 1 aromatic carbocycles. The van der Waals surface area contributed by atoms with Gasteiger partial charge in [-0.1, -0.05) is 53.7 Å². The van der Waals surface area contributed by atoms with Crippen LogP contribution in [0.4, 0.5) is 0 Å². The zero-order valence-corrected chi connectivity index (χ0v) is 13.6. The largest absolute Gasteiger partial charge is 0.254 e. The molecular formula is C16H15ClN4S. The quantitative estimate of drug-likeness (QED) is 0.538. The highest BCUT2D eigenvalue weighted by molar-refractivity contribution is 7.98. The minimum atomic E-state index is 0.612. The summed E-state index contributed by atoms with van der Waals surface area (Å²) in [6.45, 7) is 0. The summed E-state index contributed by atoms with van der Waals surface area (Å²) in [5, 5.41) is 5.91. The number of halogens is 1. The Kier molecular flexibility index (Phi) is 3.76. The normalized spacial score (nSPS) is 14.2. The van der Waals surface area contributed by atoms with Gasteiger partial charge in [0.05, 0.1) is 5.69 Å². The van der Waals surface area contributed by atoms with Crippen molar-refractivity contribution < 1.29 is 0 Å². The van der Waals surface area contributed by atoms with Gasteiger partial charge in [-0.2, -0.15) is 9.50 Å². The van der Waals surface area contributed by atoms with Crippen LogP contribution in [-0.2, 0) is 18.6 Å². The highest BCUT2D eigenvalue weighted by Gasteiger charge is 2.19. The third-order valence-electron chi connectivity index (χ3n) is 3.89. The summed E-state index contributed by atoms with van der Waals surface area (Å²) in [6.07, 6.45) is 4.33. The Hall–Kier alpha value is -1.59. The second kappa shape index (κ2) is 5.89. The van der Waals surface area contributed by atoms with Crippen molar-refractivity contribution in [3.63, 3.8) is 0 Å². The van der Waals surface area contributed by atoms with Gasteiger partial charge in [0.15, 0.2) is 0 Å². The summed E-state index contributed by atoms with van der Waals surface area (Å²) in [5.74, 6) is 1.45. The van der Waals surface area contributed by atoms with E-state index in [2.05, 4.69) is 27.2 Å². The van der Waals surface area contributed by atoms with E-state index in [1.807, 2.05) is 18.2 Å². The van der Waals surface area contributed by atoms with Crippen molar-refractivity contribution >= 4 is 29.1 Å². The minimum Gasteiger partial charge on any atom is -0.216 e. The molecule has 0 saturated carbocycles. The second-order valence-electron chi connectivity index (χ2n) is 5.42. The highest BCUT2D eigenvalue weighted by Crippen LogP contribution is 2.28. The molecular weight excluding hydrogens is 316 g/mol. The van der Waals surface area contributed by atoms with Gasteiger partial charge in [-0.05, 0) is 31.2 Å². The number of fused-ring (bicyclic) bond motifs is 2. The molecule has 0 spiro atoms. The summed E-state index contributed by atoms with van der Waals surface area (Å²) in [5.41, 5.74) is 3.49. The van der Waals surface area contributed by atoms with Gasteiger partial charge in [0.1, 0.15) is 5.15 Å². The molecule has 1 aliphatic rings. The molecule has 0 N–H and O–H groups in total. The standard InChI is InChI=1S/C16H15ClN4S/c17-14-12-8-4-5-9-13(12)18-15-19-16(20-21(14)15)22-10-11-6-2-1-3-7-11/h1-3,6-7H,4-5,8-10H2. The fourth-order valence-electron chi connectivity index (χ4n) is 2.76. The van der Waals surface area contributed by atoms with Crippen LogP contribution in [0.1, 0.15) is 29.7 Å². The lowest BCUT2D eigenvalue weighted by atomic mass is 9.97. The Labute approximate surface area is 137 Å². The van der Waals surface area contributed by atoms with Gasteiger partial charge in [-0.25, -0.2) is 4.98 Å². The zero-order chi connectivity index (χ0) is 14.9. The van der Waals surface area contributed by atoms with Crippen LogP contribution < -0.4 is 0 Å². The van der Waals surface area contributed by atoms with E-state index in [1.165, 1.54) is 18.4 Å². The topological polar surface area (TPSA) is 43.1 Å². The number of aromatic nitrogens is 4. The third kappa shape index (κ3) is 2.59. The number of hydrogen-bond donors (Lipinski definition) is 0. The van der Waals surface area contributed by atoms with Crippen LogP contribution in [0.25, 0.3) is 5.78 Å². The van der Waals surface area contributed by atoms with Crippen LogP contribution >= 0.6 is 23.4 Å². The Morgan fingerprint density at radius 3 is 2.77 bits per heavy atom. The van der Waals surface area contributed by atoms with Crippen LogP contribution in [0, 0.1) is 0 Å². The van der Waals surface area contributed by atoms with Crippen LogP contribution in [0.15, 0.2) is 35.5 Å². The van der Waals surface area contributed by atoms with Crippen molar-refractivity contribution in [1.29, 1.82) is 0 Å². The predicted molar refractivity (Wildman–Crippen MR) is 88.4 cm³/mol. The number of nitrogens with zero attached hydrogens (tertiary/aromatic N) is 4. The molecule has 0 radical (unpaired) electrons. The van der Waals surface area contributed by atoms with Crippen molar-refractivity contribution in [2.45, 2.75) is 36.6 Å². The molecule has 4 rings (SSSR count). The zero-order valence-electron chi connectivity index (χ0n) is 12.0. The number of rotatable bonds is 3. The van der Waals surface area contributed by atoms with E-state index in [4.69, 9.17) is 11.6 Å². The van der Waals surface area contributed by atoms with E-state index < -0.39 is 0 Å². The van der Waals surface area contributed by atoms with Crippen LogP contribution in [0.5, 0.6) is 0 Å². The number of hydrogen-bond acceptors (Lipinski definition) is 4. The summed E-state index contributed by atoms with van der Waals surface area (Å²) in [4.78, 5) is 9.16. The Morgan fingerprint density at radius 1 is 1.09 bits per heavy atom. The monoisotopic (exact) mass is 330 g/mol. The lowest BCUT2D eigenvalue weighted by Crippen LogP contribution is -2.10. The molecule has 0 aliphatic heterocycles. The summed E-state index contributed by atoms with van der Waals surface area (Å²) in [6, 6.07) is 10.3. The first kappa shape index (κ1) is 14.0. The lowest BCUT2D eigenvalue weighted by Gasteiger charge is -2.15. The fraction of sp³-hybridized carbons (Fsp3) is 0.312. The van der Waals surface area contributed by atoms with E-state index in [9.17, 15) is 0 Å². The first-order chi connectivity index (χ1) is 10.8. The molecule has 0 amide bonds. The van der Waals surface area contributed by atoms with Gasteiger partial charge in [0, 0.05) is 11.3 Å². The molecule has 4 nitrogen and oxygen atoms in total. The molecule has 0 bridgehead atoms. The number of thioether (sulfide) groups is 1. The molecule has 2 aromatic heterocycles. The minimum absolute atomic E-state index is 0.612. The number of aryl methyl sites for hydroxylation is 1. The highest BCUT2D eigenvalue weighted by atomic mass is 35.5. The molecule has 0 saturated heterocycles. The van der Waals surface area contributed by atoms with Crippen molar-refractivity contribution in [3.05, 3.63) is 52.3 Å². The lowest BCUT2D eigenvalue weighted by molar-refractivity contribution is 0.659. The molecule has 6 heteroatoms. The maximum atomic E-state index is 6.50. The van der Waals surface area contributed by atoms with Gasteiger partial charge in [0.2, 0.25) is 5.16 Å². The molecule has 0 unspecified atom stereocenters. The third-order valence-corrected chi connectivity index (χ3v) is 5.19. The summed E-state index contributed by atoms with van der Waals surface area (Å²) >= 11 is 8.11. The molecule has 3 aromatic rings. The molecule has 2 heterocycles. The van der Waals surface area contributed by atoms with Crippen molar-refractivity contribution in [2.75, 3.05) is 0 Å². The average molecular weight is 331 g/mol. The van der Waals surface area contributed by atoms with Crippen LogP contribution in [-0.4, -0.2) is 19.6 Å². The first-order valence-electron chi connectivity index (χ1n) is 7.42. The van der Waals surface area contributed by atoms with Crippen LogP contribution in [0.2, 0.25) is 5.15 Å². The molecule has 0 atom stereocenters. The van der Waals surface area contributed by atoms with E-state index in [-0.39, 0.29) is 0 Å². The Morgan fingerprint density at radius 2 is 1.91 bits per heavy atom. The van der Waals surface area contributed by atoms with E-state index in [1.54, 1.807) is 16.3 Å². The van der Waals surface area contributed by atoms with Gasteiger partial charge >= 0.3 is 0 Å². The predicted octanol–water partition coefficient (Wildman–Crippen LogP) is 3.95. The molecule has 1 aliphatic carbocycles. The van der Waals surface area contributed by atoms with Gasteiger partial charge < -0.3 is 0 Å². The maximum absolute atomic E-state index is 6.50. The fourth-order valence-corrected chi connectivity index (χ4v) is 3.85. The first-order valence-corrected chi connectivity index (χ1v) is 8.78. The summed E-state index contributed by atoms with van der Waals surface area (Å²) < 4.78 is 1.68. The van der Waals surface area contributed by atoms with Crippen molar-refractivity contribution in [1.82, 2.24) is 19.6 Å². The van der Waals surface area contributed by atoms with E-state index in [0.29, 0.717) is 10.9 Å². The SMILES string of the molecule is Clc1c2c(nc3nc(SCc4ccccc4)nn13)CCCC2. The number of benzene rings is 1. The van der Waals surface area contributed by atoms with Gasteiger partial charge in [-0.3, -0.25) is 0 Å². The Bertz CT molecular complexity index is 816. The average Bonchev–Trinajstić information content (AvgIpc) is 2.97. The van der Waals surface area contributed by atoms with Crippen molar-refractivity contribution in [2.24, 2.45) is 0 Å². The maximum Gasteiger partial charge on any atom is 0.254 e. The smallest absolute Gasteiger partial charge is 0.216 e. The second-order valence-corrected chi connectivity index (χ2v) is 6.72. The molecule has 0 fully saturated rings. The van der Waals surface area contributed by atoms with Gasteiger partial charge in [-0.15, -0.1) is 5.10 Å². The Balaban J connectivity index is 1.64. The van der Waals surface area contributed by atoms with Crippen molar-refractivity contribution in [3.8, 4) is 0 Å².